The topological polar surface area (TPSA) is 12.0 Å². The van der Waals surface area contributed by atoms with Gasteiger partial charge in [-0.25, -0.2) is 0 Å². The number of rotatable bonds is 7. The van der Waals surface area contributed by atoms with Gasteiger partial charge in [0.05, 0.1) is 0 Å². The first kappa shape index (κ1) is 14.1. The molecule has 1 heterocycles. The summed E-state index contributed by atoms with van der Waals surface area (Å²) in [5.74, 6) is 0.870. The van der Waals surface area contributed by atoms with E-state index in [4.69, 9.17) is 0 Å². The van der Waals surface area contributed by atoms with Crippen molar-refractivity contribution < 1.29 is 0 Å². The van der Waals surface area contributed by atoms with Gasteiger partial charge >= 0.3 is 0 Å². The lowest BCUT2D eigenvalue weighted by Gasteiger charge is -2.29. The lowest BCUT2D eigenvalue weighted by atomic mass is 9.95. The smallest absolute Gasteiger partial charge is 0.0445 e. The summed E-state index contributed by atoms with van der Waals surface area (Å²) in [5.41, 5.74) is 0. The fourth-order valence-electron chi connectivity index (χ4n) is 3.22. The van der Waals surface area contributed by atoms with Gasteiger partial charge in [0, 0.05) is 17.0 Å². The van der Waals surface area contributed by atoms with Gasteiger partial charge in [-0.1, -0.05) is 39.2 Å². The third kappa shape index (κ3) is 3.58. The number of thiophene rings is 1. The maximum atomic E-state index is 3.96. The summed E-state index contributed by atoms with van der Waals surface area (Å²) in [7, 11) is 0. The van der Waals surface area contributed by atoms with Crippen molar-refractivity contribution in [3.63, 3.8) is 0 Å². The molecular weight excluding hydrogens is 238 g/mol. The molecule has 1 aromatic heterocycles. The van der Waals surface area contributed by atoms with Crippen LogP contribution in [0.5, 0.6) is 0 Å². The molecule has 1 saturated carbocycles. The molecule has 0 amide bonds. The Balaban J connectivity index is 2.04. The molecule has 0 radical (unpaired) electrons. The van der Waals surface area contributed by atoms with Crippen molar-refractivity contribution in [2.24, 2.45) is 5.92 Å². The molecule has 1 fully saturated rings. The Bertz CT molecular complexity index is 314. The molecule has 0 aliphatic heterocycles. The molecule has 102 valence electrons. The van der Waals surface area contributed by atoms with Gasteiger partial charge in [0.1, 0.15) is 0 Å². The van der Waals surface area contributed by atoms with Gasteiger partial charge in [0.25, 0.3) is 0 Å². The first-order valence-corrected chi connectivity index (χ1v) is 8.52. The summed E-state index contributed by atoms with van der Waals surface area (Å²) in [6, 6.07) is 5.83. The average Bonchev–Trinajstić information content (AvgIpc) is 3.06. The summed E-state index contributed by atoms with van der Waals surface area (Å²) < 4.78 is 0. The Morgan fingerprint density at radius 1 is 1.33 bits per heavy atom. The van der Waals surface area contributed by atoms with Crippen molar-refractivity contribution in [3.05, 3.63) is 22.4 Å². The van der Waals surface area contributed by atoms with Gasteiger partial charge < -0.3 is 5.32 Å². The zero-order valence-corrected chi connectivity index (χ0v) is 12.6. The van der Waals surface area contributed by atoms with Gasteiger partial charge in [-0.15, -0.1) is 11.3 Å². The maximum Gasteiger partial charge on any atom is 0.0445 e. The summed E-state index contributed by atoms with van der Waals surface area (Å²) in [4.78, 5) is 1.55. The second-order valence-corrected chi connectivity index (χ2v) is 6.58. The van der Waals surface area contributed by atoms with Crippen LogP contribution in [0.3, 0.4) is 0 Å². The Morgan fingerprint density at radius 2 is 2.11 bits per heavy atom. The molecule has 1 aliphatic carbocycles. The molecule has 2 heteroatoms. The van der Waals surface area contributed by atoms with Crippen LogP contribution < -0.4 is 5.32 Å². The van der Waals surface area contributed by atoms with E-state index in [0.717, 1.165) is 5.92 Å². The minimum atomic E-state index is 0.615. The standard InChI is InChI=1S/C16H27NS/c1-3-8-14(4-2)17-16(13-9-5-6-10-13)15-11-7-12-18-15/h7,11-14,16-17H,3-6,8-10H2,1-2H3. The number of hydrogen-bond acceptors (Lipinski definition) is 2. The highest BCUT2D eigenvalue weighted by atomic mass is 32.1. The van der Waals surface area contributed by atoms with Gasteiger partial charge in [-0.2, -0.15) is 0 Å². The Labute approximate surface area is 116 Å². The highest BCUT2D eigenvalue weighted by Crippen LogP contribution is 2.37. The van der Waals surface area contributed by atoms with E-state index in [1.165, 1.54) is 44.9 Å². The molecule has 2 unspecified atom stereocenters. The van der Waals surface area contributed by atoms with Gasteiger partial charge in [-0.05, 0) is 43.0 Å². The zero-order valence-electron chi connectivity index (χ0n) is 11.8. The van der Waals surface area contributed by atoms with Crippen LogP contribution in [0.1, 0.15) is 69.7 Å². The quantitative estimate of drug-likeness (QED) is 0.719. The summed E-state index contributed by atoms with van der Waals surface area (Å²) in [6.45, 7) is 4.60. The molecule has 18 heavy (non-hydrogen) atoms. The van der Waals surface area contributed by atoms with E-state index in [1.54, 1.807) is 4.88 Å². The van der Waals surface area contributed by atoms with Crippen LogP contribution in [0.2, 0.25) is 0 Å². The highest BCUT2D eigenvalue weighted by Gasteiger charge is 2.28. The van der Waals surface area contributed by atoms with Crippen LogP contribution in [-0.4, -0.2) is 6.04 Å². The zero-order chi connectivity index (χ0) is 12.8. The lowest BCUT2D eigenvalue weighted by Crippen LogP contribution is -2.35. The minimum Gasteiger partial charge on any atom is -0.306 e. The van der Waals surface area contributed by atoms with Crippen LogP contribution in [0.15, 0.2) is 17.5 Å². The van der Waals surface area contributed by atoms with Crippen molar-refractivity contribution in [1.82, 2.24) is 5.32 Å². The van der Waals surface area contributed by atoms with Crippen LogP contribution in [0.4, 0.5) is 0 Å². The van der Waals surface area contributed by atoms with E-state index in [-0.39, 0.29) is 0 Å². The van der Waals surface area contributed by atoms with E-state index < -0.39 is 0 Å². The molecule has 2 atom stereocenters. The molecule has 0 spiro atoms. The summed E-state index contributed by atoms with van der Waals surface area (Å²) in [6.07, 6.45) is 9.54. The molecule has 2 rings (SSSR count). The molecule has 0 saturated heterocycles. The van der Waals surface area contributed by atoms with Crippen LogP contribution >= 0.6 is 11.3 Å². The fraction of sp³-hybridized carbons (Fsp3) is 0.750. The molecule has 1 nitrogen and oxygen atoms in total. The first-order chi connectivity index (χ1) is 8.85. The monoisotopic (exact) mass is 265 g/mol. The van der Waals surface area contributed by atoms with E-state index in [0.29, 0.717) is 12.1 Å². The van der Waals surface area contributed by atoms with E-state index in [1.807, 2.05) is 11.3 Å². The molecule has 1 aromatic rings. The molecule has 0 aromatic carbocycles. The Hall–Kier alpha value is -0.340. The predicted octanol–water partition coefficient (Wildman–Crippen LogP) is 5.15. The largest absolute Gasteiger partial charge is 0.306 e. The molecule has 0 bridgehead atoms. The fourth-order valence-corrected chi connectivity index (χ4v) is 4.10. The lowest BCUT2D eigenvalue weighted by molar-refractivity contribution is 0.316. The normalized spacial score (nSPS) is 20.1. The molecule has 1 N–H and O–H groups in total. The average molecular weight is 265 g/mol. The van der Waals surface area contributed by atoms with Crippen molar-refractivity contribution in [3.8, 4) is 0 Å². The van der Waals surface area contributed by atoms with Crippen molar-refractivity contribution in [1.29, 1.82) is 0 Å². The molecular formula is C16H27NS. The third-order valence-corrected chi connectivity index (χ3v) is 5.22. The highest BCUT2D eigenvalue weighted by molar-refractivity contribution is 7.10. The summed E-state index contributed by atoms with van der Waals surface area (Å²) >= 11 is 1.93. The number of nitrogens with one attached hydrogen (secondary N) is 1. The number of hydrogen-bond donors (Lipinski definition) is 1. The van der Waals surface area contributed by atoms with Crippen LogP contribution in [-0.2, 0) is 0 Å². The second kappa shape index (κ2) is 7.30. The SMILES string of the molecule is CCCC(CC)NC(c1cccs1)C1CCCC1. The predicted molar refractivity (Wildman–Crippen MR) is 81.1 cm³/mol. The third-order valence-electron chi connectivity index (χ3n) is 4.27. The van der Waals surface area contributed by atoms with Crippen molar-refractivity contribution in [2.75, 3.05) is 0 Å². The Morgan fingerprint density at radius 3 is 2.67 bits per heavy atom. The van der Waals surface area contributed by atoms with Gasteiger partial charge in [0.2, 0.25) is 0 Å². The van der Waals surface area contributed by atoms with Crippen LogP contribution in [0, 0.1) is 5.92 Å². The minimum absolute atomic E-state index is 0.615. The first-order valence-electron chi connectivity index (χ1n) is 7.64. The molecule has 1 aliphatic rings. The Kier molecular flexibility index (Phi) is 5.71. The maximum absolute atomic E-state index is 3.96. The van der Waals surface area contributed by atoms with Crippen molar-refractivity contribution >= 4 is 11.3 Å². The van der Waals surface area contributed by atoms with E-state index >= 15 is 0 Å². The van der Waals surface area contributed by atoms with Crippen LogP contribution in [0.25, 0.3) is 0 Å². The van der Waals surface area contributed by atoms with Gasteiger partial charge in [0.15, 0.2) is 0 Å². The van der Waals surface area contributed by atoms with E-state index in [2.05, 4.69) is 36.7 Å². The second-order valence-electron chi connectivity index (χ2n) is 5.60. The van der Waals surface area contributed by atoms with Crippen molar-refractivity contribution in [2.45, 2.75) is 70.9 Å². The van der Waals surface area contributed by atoms with Gasteiger partial charge in [-0.3, -0.25) is 0 Å². The summed E-state index contributed by atoms with van der Waals surface area (Å²) in [5, 5.41) is 6.18. The van der Waals surface area contributed by atoms with E-state index in [9.17, 15) is 0 Å².